The van der Waals surface area contributed by atoms with Gasteiger partial charge in [0.05, 0.1) is 0 Å². The molecule has 11 heavy (non-hydrogen) atoms. The second-order valence-electron chi connectivity index (χ2n) is 3.23. The second-order valence-corrected chi connectivity index (χ2v) is 3.23. The predicted octanol–water partition coefficient (Wildman–Crippen LogP) is 2.13. The van der Waals surface area contributed by atoms with Gasteiger partial charge in [0.25, 0.3) is 0 Å². The number of esters is 1. The van der Waals surface area contributed by atoms with Crippen molar-refractivity contribution < 1.29 is 9.53 Å². The van der Waals surface area contributed by atoms with Gasteiger partial charge in [0.2, 0.25) is 0 Å². The van der Waals surface area contributed by atoms with E-state index in [0.717, 1.165) is 19.3 Å². The van der Waals surface area contributed by atoms with E-state index in [0.29, 0.717) is 12.3 Å². The highest BCUT2D eigenvalue weighted by Crippen LogP contribution is 2.24. The lowest BCUT2D eigenvalue weighted by Gasteiger charge is -2.27. The van der Waals surface area contributed by atoms with Gasteiger partial charge in [-0.15, -0.1) is 0 Å². The predicted molar refractivity (Wildman–Crippen MR) is 43.2 cm³/mol. The topological polar surface area (TPSA) is 26.3 Å². The largest absolute Gasteiger partial charge is 0.462 e. The summed E-state index contributed by atoms with van der Waals surface area (Å²) in [5.41, 5.74) is 0. The zero-order valence-electron chi connectivity index (χ0n) is 7.30. The van der Waals surface area contributed by atoms with Gasteiger partial charge in [-0.2, -0.15) is 0 Å². The van der Waals surface area contributed by atoms with Crippen LogP contribution in [0.25, 0.3) is 0 Å². The Labute approximate surface area is 67.9 Å². The van der Waals surface area contributed by atoms with E-state index in [1.54, 1.807) is 0 Å². The van der Waals surface area contributed by atoms with E-state index in [-0.39, 0.29) is 12.1 Å². The van der Waals surface area contributed by atoms with Crippen LogP contribution in [0.3, 0.4) is 0 Å². The third kappa shape index (κ3) is 2.21. The Morgan fingerprint density at radius 2 is 2.18 bits per heavy atom. The molecule has 0 spiro atoms. The second kappa shape index (κ2) is 3.74. The van der Waals surface area contributed by atoms with Crippen molar-refractivity contribution in [2.75, 3.05) is 0 Å². The van der Waals surface area contributed by atoms with E-state index in [9.17, 15) is 4.79 Å². The van der Waals surface area contributed by atoms with E-state index in [2.05, 4.69) is 13.8 Å². The monoisotopic (exact) mass is 156 g/mol. The number of hydrogen-bond donors (Lipinski definition) is 0. The van der Waals surface area contributed by atoms with Crippen molar-refractivity contribution in [3.05, 3.63) is 0 Å². The molecule has 0 radical (unpaired) electrons. The first-order valence-corrected chi connectivity index (χ1v) is 4.45. The summed E-state index contributed by atoms with van der Waals surface area (Å²) in [6, 6.07) is 0. The van der Waals surface area contributed by atoms with Crippen molar-refractivity contribution in [3.8, 4) is 0 Å². The molecule has 0 aromatic rings. The van der Waals surface area contributed by atoms with Crippen LogP contribution in [0.4, 0.5) is 0 Å². The van der Waals surface area contributed by atoms with Gasteiger partial charge in [-0.05, 0) is 18.8 Å². The minimum atomic E-state index is -0.00468. The molecular formula is C9H16O2. The molecule has 0 bridgehead atoms. The highest BCUT2D eigenvalue weighted by molar-refractivity contribution is 5.70. The summed E-state index contributed by atoms with van der Waals surface area (Å²) >= 11 is 0. The number of ether oxygens (including phenoxy) is 1. The average molecular weight is 156 g/mol. The van der Waals surface area contributed by atoms with Crippen LogP contribution in [0.15, 0.2) is 0 Å². The lowest BCUT2D eigenvalue weighted by molar-refractivity contribution is -0.156. The van der Waals surface area contributed by atoms with E-state index in [4.69, 9.17) is 4.74 Å². The van der Waals surface area contributed by atoms with Crippen LogP contribution in [0.1, 0.15) is 39.5 Å². The SMILES string of the molecule is CCC1CC(=O)OC(CC)C1. The molecule has 1 aliphatic heterocycles. The summed E-state index contributed by atoms with van der Waals surface area (Å²) in [5.74, 6) is 0.566. The molecule has 2 nitrogen and oxygen atoms in total. The molecular weight excluding hydrogens is 140 g/mol. The Hall–Kier alpha value is -0.530. The summed E-state index contributed by atoms with van der Waals surface area (Å²) in [6.07, 6.45) is 3.96. The first-order chi connectivity index (χ1) is 5.26. The number of carbonyl (C=O) groups excluding carboxylic acids is 1. The first kappa shape index (κ1) is 8.57. The van der Waals surface area contributed by atoms with Crippen molar-refractivity contribution in [1.29, 1.82) is 0 Å². The summed E-state index contributed by atoms with van der Waals surface area (Å²) in [4.78, 5) is 11.0. The maximum absolute atomic E-state index is 11.0. The summed E-state index contributed by atoms with van der Waals surface area (Å²) in [5, 5.41) is 0. The highest BCUT2D eigenvalue weighted by Gasteiger charge is 2.25. The first-order valence-electron chi connectivity index (χ1n) is 4.45. The fourth-order valence-corrected chi connectivity index (χ4v) is 1.53. The van der Waals surface area contributed by atoms with Gasteiger partial charge >= 0.3 is 5.97 Å². The summed E-state index contributed by atoms with van der Waals surface area (Å²) < 4.78 is 5.13. The molecule has 2 heteroatoms. The Kier molecular flexibility index (Phi) is 2.92. The average Bonchev–Trinajstić information content (AvgIpc) is 2.03. The van der Waals surface area contributed by atoms with Crippen LogP contribution in [0, 0.1) is 5.92 Å². The number of carbonyl (C=O) groups is 1. The molecule has 0 aliphatic carbocycles. The Balaban J connectivity index is 2.43. The minimum Gasteiger partial charge on any atom is -0.462 e. The zero-order chi connectivity index (χ0) is 8.27. The van der Waals surface area contributed by atoms with Crippen LogP contribution >= 0.6 is 0 Å². The van der Waals surface area contributed by atoms with Gasteiger partial charge in [-0.3, -0.25) is 4.79 Å². The number of cyclic esters (lactones) is 1. The van der Waals surface area contributed by atoms with E-state index < -0.39 is 0 Å². The van der Waals surface area contributed by atoms with Crippen LogP contribution in [-0.4, -0.2) is 12.1 Å². The lowest BCUT2D eigenvalue weighted by atomic mass is 9.92. The molecule has 1 aliphatic rings. The fourth-order valence-electron chi connectivity index (χ4n) is 1.53. The maximum Gasteiger partial charge on any atom is 0.306 e. The quantitative estimate of drug-likeness (QED) is 0.572. The molecule has 0 amide bonds. The minimum absolute atomic E-state index is 0.00468. The van der Waals surface area contributed by atoms with Crippen molar-refractivity contribution in [3.63, 3.8) is 0 Å². The number of hydrogen-bond acceptors (Lipinski definition) is 2. The molecule has 0 saturated carbocycles. The van der Waals surface area contributed by atoms with Crippen molar-refractivity contribution in [1.82, 2.24) is 0 Å². The van der Waals surface area contributed by atoms with Gasteiger partial charge in [0.15, 0.2) is 0 Å². The maximum atomic E-state index is 11.0. The van der Waals surface area contributed by atoms with Gasteiger partial charge < -0.3 is 4.74 Å². The molecule has 1 fully saturated rings. The summed E-state index contributed by atoms with van der Waals surface area (Å²) in [6.45, 7) is 4.20. The Morgan fingerprint density at radius 1 is 1.45 bits per heavy atom. The molecule has 1 heterocycles. The Bertz CT molecular complexity index is 128. The van der Waals surface area contributed by atoms with Crippen LogP contribution in [0.5, 0.6) is 0 Å². The molecule has 0 aromatic heterocycles. The van der Waals surface area contributed by atoms with Crippen molar-refractivity contribution >= 4 is 5.97 Å². The summed E-state index contributed by atoms with van der Waals surface area (Å²) in [7, 11) is 0. The zero-order valence-corrected chi connectivity index (χ0v) is 7.30. The lowest BCUT2D eigenvalue weighted by Crippen LogP contribution is -2.28. The normalized spacial score (nSPS) is 31.6. The molecule has 1 saturated heterocycles. The smallest absolute Gasteiger partial charge is 0.306 e. The van der Waals surface area contributed by atoms with E-state index in [1.807, 2.05) is 0 Å². The highest BCUT2D eigenvalue weighted by atomic mass is 16.5. The van der Waals surface area contributed by atoms with Crippen molar-refractivity contribution in [2.24, 2.45) is 5.92 Å². The molecule has 2 unspecified atom stereocenters. The van der Waals surface area contributed by atoms with Gasteiger partial charge in [0.1, 0.15) is 6.10 Å². The fraction of sp³-hybridized carbons (Fsp3) is 0.889. The molecule has 64 valence electrons. The number of rotatable bonds is 2. The standard InChI is InChI=1S/C9H16O2/c1-3-7-5-8(4-2)11-9(10)6-7/h7-8H,3-6H2,1-2H3. The van der Waals surface area contributed by atoms with E-state index in [1.165, 1.54) is 0 Å². The Morgan fingerprint density at radius 3 is 2.73 bits per heavy atom. The third-order valence-electron chi connectivity index (χ3n) is 2.38. The molecule has 0 N–H and O–H groups in total. The van der Waals surface area contributed by atoms with Crippen LogP contribution in [-0.2, 0) is 9.53 Å². The van der Waals surface area contributed by atoms with Gasteiger partial charge in [-0.25, -0.2) is 0 Å². The van der Waals surface area contributed by atoms with Gasteiger partial charge in [-0.1, -0.05) is 20.3 Å². The van der Waals surface area contributed by atoms with Gasteiger partial charge in [0, 0.05) is 6.42 Å². The molecule has 2 atom stereocenters. The molecule has 1 rings (SSSR count). The van der Waals surface area contributed by atoms with Crippen LogP contribution < -0.4 is 0 Å². The third-order valence-corrected chi connectivity index (χ3v) is 2.38. The van der Waals surface area contributed by atoms with Crippen molar-refractivity contribution in [2.45, 2.75) is 45.6 Å². The van der Waals surface area contributed by atoms with E-state index >= 15 is 0 Å². The van der Waals surface area contributed by atoms with Crippen LogP contribution in [0.2, 0.25) is 0 Å². The molecule has 0 aromatic carbocycles.